The van der Waals surface area contributed by atoms with Crippen LogP contribution >= 0.6 is 23.6 Å². The number of hydrogen-bond acceptors (Lipinski definition) is 6. The van der Waals surface area contributed by atoms with Gasteiger partial charge in [0.2, 0.25) is 11.5 Å². The summed E-state index contributed by atoms with van der Waals surface area (Å²) < 4.78 is 22.3. The van der Waals surface area contributed by atoms with Crippen molar-refractivity contribution in [2.45, 2.75) is 26.2 Å². The van der Waals surface area contributed by atoms with Crippen LogP contribution in [-0.4, -0.2) is 32.0 Å². The van der Waals surface area contributed by atoms with Crippen LogP contribution in [0.4, 0.5) is 0 Å². The summed E-state index contributed by atoms with van der Waals surface area (Å²) in [4.78, 5) is 13.0. The van der Waals surface area contributed by atoms with Crippen molar-refractivity contribution in [3.63, 3.8) is 0 Å². The molecule has 1 aromatic carbocycles. The Hall–Kier alpha value is -2.17. The highest BCUT2D eigenvalue weighted by Gasteiger charge is 2.13. The van der Waals surface area contributed by atoms with Crippen LogP contribution in [0.1, 0.15) is 35.4 Å². The van der Waals surface area contributed by atoms with Gasteiger partial charge in [0.15, 0.2) is 0 Å². The van der Waals surface area contributed by atoms with Crippen molar-refractivity contribution in [1.29, 1.82) is 0 Å². The van der Waals surface area contributed by atoms with E-state index in [-0.39, 0.29) is 11.5 Å². The predicted octanol–water partition coefficient (Wildman–Crippen LogP) is 2.65. The predicted molar refractivity (Wildman–Crippen MR) is 109 cm³/mol. The number of carbonyl (C=O) groups is 1. The summed E-state index contributed by atoms with van der Waals surface area (Å²) in [6, 6.07) is 8.77. The molecule has 0 aliphatic heterocycles. The van der Waals surface area contributed by atoms with Crippen molar-refractivity contribution in [1.82, 2.24) is 10.3 Å². The Morgan fingerprint density at radius 3 is 2.35 bits per heavy atom. The number of aromatic nitrogens is 1. The second-order valence-corrected chi connectivity index (χ2v) is 6.67. The number of thiazole rings is 1. The van der Waals surface area contributed by atoms with Crippen molar-refractivity contribution in [3.8, 4) is 0 Å². The first-order valence-corrected chi connectivity index (χ1v) is 9.85. The molecule has 0 radical (unpaired) electrons. The van der Waals surface area contributed by atoms with E-state index in [1.54, 1.807) is 11.3 Å². The SMILES string of the molecule is CCC(c1ccc(C)cc1)c1nccs1.CNC(=S)N=S(=O)=O.NC=O. The number of hydrogen-bond donors (Lipinski definition) is 2. The Labute approximate surface area is 164 Å². The molecule has 0 bridgehead atoms. The number of nitrogens with zero attached hydrogens (tertiary/aromatic N) is 2. The lowest BCUT2D eigenvalue weighted by Gasteiger charge is -2.12. The Kier molecular flexibility index (Phi) is 12.9. The van der Waals surface area contributed by atoms with Gasteiger partial charge in [-0.2, -0.15) is 8.42 Å². The van der Waals surface area contributed by atoms with Gasteiger partial charge in [-0.25, -0.2) is 4.98 Å². The van der Waals surface area contributed by atoms with E-state index in [4.69, 9.17) is 4.79 Å². The molecule has 0 saturated carbocycles. The van der Waals surface area contributed by atoms with E-state index in [1.807, 2.05) is 11.6 Å². The van der Waals surface area contributed by atoms with E-state index in [9.17, 15) is 8.42 Å². The third kappa shape index (κ3) is 9.97. The number of primary amides is 1. The number of amides is 1. The minimum absolute atomic E-state index is 0.0293. The largest absolute Gasteiger partial charge is 0.372 e. The van der Waals surface area contributed by atoms with Gasteiger partial charge < -0.3 is 11.1 Å². The van der Waals surface area contributed by atoms with Crippen molar-refractivity contribution in [2.24, 2.45) is 10.1 Å². The maximum atomic E-state index is 9.67. The fourth-order valence-electron chi connectivity index (χ4n) is 1.87. The molecule has 1 unspecified atom stereocenters. The lowest BCUT2D eigenvalue weighted by Crippen LogP contribution is -2.11. The van der Waals surface area contributed by atoms with E-state index in [2.05, 4.69) is 70.7 Å². The van der Waals surface area contributed by atoms with E-state index in [0.717, 1.165) is 6.42 Å². The lowest BCUT2D eigenvalue weighted by atomic mass is 9.96. The molecular formula is C16H22N4O3S3. The molecule has 0 spiro atoms. The van der Waals surface area contributed by atoms with E-state index in [1.165, 1.54) is 23.2 Å². The first kappa shape index (κ1) is 23.8. The van der Waals surface area contributed by atoms with Crippen LogP contribution < -0.4 is 11.1 Å². The van der Waals surface area contributed by atoms with Crippen LogP contribution in [0.25, 0.3) is 0 Å². The highest BCUT2D eigenvalue weighted by Crippen LogP contribution is 2.29. The van der Waals surface area contributed by atoms with Gasteiger partial charge >= 0.3 is 10.5 Å². The van der Waals surface area contributed by atoms with Crippen LogP contribution in [0.15, 0.2) is 40.2 Å². The molecule has 142 valence electrons. The first-order valence-electron chi connectivity index (χ1n) is 7.53. The van der Waals surface area contributed by atoms with Crippen molar-refractivity contribution in [2.75, 3.05) is 7.05 Å². The average molecular weight is 415 g/mol. The lowest BCUT2D eigenvalue weighted by molar-refractivity contribution is -0.106. The third-order valence-electron chi connectivity index (χ3n) is 3.01. The second kappa shape index (κ2) is 14.0. The number of thiocarbonyl (C=S) groups is 1. The van der Waals surface area contributed by atoms with Gasteiger partial charge in [0.25, 0.3) is 0 Å². The van der Waals surface area contributed by atoms with Gasteiger partial charge in [-0.15, -0.1) is 15.7 Å². The maximum absolute atomic E-state index is 9.67. The fourth-order valence-corrected chi connectivity index (χ4v) is 3.13. The van der Waals surface area contributed by atoms with Gasteiger partial charge in [0, 0.05) is 24.5 Å². The normalized spacial score (nSPS) is 10.1. The smallest absolute Gasteiger partial charge is 0.318 e. The number of nitrogens with one attached hydrogen (secondary N) is 1. The van der Waals surface area contributed by atoms with Gasteiger partial charge in [-0.3, -0.25) is 4.79 Å². The summed E-state index contributed by atoms with van der Waals surface area (Å²) in [5.74, 6) is 0.464. The van der Waals surface area contributed by atoms with Crippen LogP contribution in [0.2, 0.25) is 0 Å². The summed E-state index contributed by atoms with van der Waals surface area (Å²) in [6.45, 7) is 4.33. The quantitative estimate of drug-likeness (QED) is 0.589. The maximum Gasteiger partial charge on any atom is 0.318 e. The summed E-state index contributed by atoms with van der Waals surface area (Å²) in [6.07, 6.45) is 3.24. The zero-order valence-corrected chi connectivity index (χ0v) is 17.2. The number of aryl methyl sites for hydroxylation is 1. The highest BCUT2D eigenvalue weighted by atomic mass is 32.2. The number of carbonyl (C=O) groups excluding carboxylic acids is 1. The minimum atomic E-state index is -2.42. The molecular weight excluding hydrogens is 392 g/mol. The van der Waals surface area contributed by atoms with Crippen molar-refractivity contribution < 1.29 is 13.2 Å². The molecule has 1 heterocycles. The molecule has 0 saturated heterocycles. The number of nitrogens with two attached hydrogens (primary N) is 1. The van der Waals surface area contributed by atoms with Crippen LogP contribution in [0.3, 0.4) is 0 Å². The van der Waals surface area contributed by atoms with Gasteiger partial charge in [0.1, 0.15) is 0 Å². The Bertz CT molecular complexity index is 781. The monoisotopic (exact) mass is 414 g/mol. The summed E-state index contributed by atoms with van der Waals surface area (Å²) in [5.41, 5.74) is 6.85. The average Bonchev–Trinajstić information content (AvgIpc) is 3.12. The second-order valence-electron chi connectivity index (χ2n) is 4.74. The Morgan fingerprint density at radius 1 is 1.42 bits per heavy atom. The van der Waals surface area contributed by atoms with Crippen LogP contribution in [0, 0.1) is 6.92 Å². The molecule has 7 nitrogen and oxygen atoms in total. The number of rotatable bonds is 3. The van der Waals surface area contributed by atoms with Crippen molar-refractivity contribution >= 4 is 45.6 Å². The van der Waals surface area contributed by atoms with Gasteiger partial charge in [-0.1, -0.05) is 36.8 Å². The molecule has 0 aliphatic rings. The third-order valence-corrected chi connectivity index (χ3v) is 4.64. The van der Waals surface area contributed by atoms with Gasteiger partial charge in [0.05, 0.1) is 5.01 Å². The molecule has 1 atom stereocenters. The zero-order valence-electron chi connectivity index (χ0n) is 14.7. The van der Waals surface area contributed by atoms with Crippen molar-refractivity contribution in [3.05, 3.63) is 52.0 Å². The Morgan fingerprint density at radius 2 is 2.00 bits per heavy atom. The van der Waals surface area contributed by atoms with E-state index >= 15 is 0 Å². The van der Waals surface area contributed by atoms with E-state index < -0.39 is 10.5 Å². The molecule has 26 heavy (non-hydrogen) atoms. The summed E-state index contributed by atoms with van der Waals surface area (Å²) in [7, 11) is -0.926. The molecule has 10 heteroatoms. The standard InChI is InChI=1S/C13H15NS.C2H4N2O2S2.CH3NO/c1-3-12(13-14-8-9-15-13)11-6-4-10(2)5-7-11;1-3-2(7)4-8(5)6;2-1-3/h4-9,12H,3H2,1-2H3;1H3,(H,3,7);1H,(H2,2,3). The van der Waals surface area contributed by atoms with Crippen LogP contribution in [-0.2, 0) is 15.3 Å². The molecule has 0 aliphatic carbocycles. The first-order chi connectivity index (χ1) is 12.4. The molecule has 0 fully saturated rings. The highest BCUT2D eigenvalue weighted by molar-refractivity contribution is 7.81. The Balaban J connectivity index is 0.000000483. The summed E-state index contributed by atoms with van der Waals surface area (Å²) in [5, 5.41) is 5.61. The molecule has 2 rings (SSSR count). The zero-order chi connectivity index (χ0) is 19.9. The summed E-state index contributed by atoms with van der Waals surface area (Å²) >= 11 is 6.10. The molecule has 2 aromatic rings. The molecule has 1 amide bonds. The van der Waals surface area contributed by atoms with Gasteiger partial charge in [-0.05, 0) is 31.1 Å². The fraction of sp³-hybridized carbons (Fsp3) is 0.312. The van der Waals surface area contributed by atoms with Crippen LogP contribution in [0.5, 0.6) is 0 Å². The minimum Gasteiger partial charge on any atom is -0.372 e. The number of benzene rings is 1. The molecule has 1 aromatic heterocycles. The molecule has 3 N–H and O–H groups in total. The topological polar surface area (TPSA) is 115 Å². The van der Waals surface area contributed by atoms with E-state index in [0.29, 0.717) is 5.92 Å².